The molecule has 0 unspecified atom stereocenters. The second-order valence-electron chi connectivity index (χ2n) is 4.58. The molecule has 0 saturated carbocycles. The minimum Gasteiger partial charge on any atom is -0.478 e. The van der Waals surface area contributed by atoms with Gasteiger partial charge in [-0.25, -0.2) is 9.78 Å². The maximum absolute atomic E-state index is 11.0. The number of nitrogens with zero attached hydrogens (tertiary/aromatic N) is 2. The lowest BCUT2D eigenvalue weighted by Crippen LogP contribution is -1.96. The Morgan fingerprint density at radius 3 is 2.80 bits per heavy atom. The third-order valence-corrected chi connectivity index (χ3v) is 3.58. The molecule has 3 rings (SSSR count). The molecule has 1 N–H and O–H groups in total. The Kier molecular flexibility index (Phi) is 2.95. The SMILES string of the molecule is Cc1cc(-c2cn3ccc(C(=O)O)cc3n2)ccc1Cl. The summed E-state index contributed by atoms with van der Waals surface area (Å²) >= 11 is 6.01. The van der Waals surface area contributed by atoms with E-state index in [2.05, 4.69) is 4.98 Å². The van der Waals surface area contributed by atoms with Gasteiger partial charge in [-0.1, -0.05) is 17.7 Å². The highest BCUT2D eigenvalue weighted by molar-refractivity contribution is 6.31. The molecule has 0 bridgehead atoms. The maximum Gasteiger partial charge on any atom is 0.335 e. The summed E-state index contributed by atoms with van der Waals surface area (Å²) in [5.74, 6) is -0.959. The van der Waals surface area contributed by atoms with Crippen molar-refractivity contribution in [3.63, 3.8) is 0 Å². The molecular formula is C15H11ClN2O2. The molecule has 0 aliphatic rings. The Morgan fingerprint density at radius 2 is 2.10 bits per heavy atom. The molecule has 0 amide bonds. The first kappa shape index (κ1) is 12.7. The maximum atomic E-state index is 11.0. The van der Waals surface area contributed by atoms with Crippen molar-refractivity contribution in [2.45, 2.75) is 6.92 Å². The van der Waals surface area contributed by atoms with E-state index in [1.807, 2.05) is 31.3 Å². The number of imidazole rings is 1. The summed E-state index contributed by atoms with van der Waals surface area (Å²) in [5, 5.41) is 9.70. The molecule has 1 aromatic carbocycles. The number of halogens is 1. The van der Waals surface area contributed by atoms with Crippen LogP contribution >= 0.6 is 11.6 Å². The number of fused-ring (bicyclic) bond motifs is 1. The van der Waals surface area contributed by atoms with Crippen LogP contribution in [0.2, 0.25) is 5.02 Å². The number of carbonyl (C=O) groups is 1. The molecule has 4 nitrogen and oxygen atoms in total. The quantitative estimate of drug-likeness (QED) is 0.782. The van der Waals surface area contributed by atoms with E-state index in [1.165, 1.54) is 0 Å². The predicted octanol–water partition coefficient (Wildman–Crippen LogP) is 3.66. The number of aromatic nitrogens is 2. The monoisotopic (exact) mass is 286 g/mol. The first-order valence-electron chi connectivity index (χ1n) is 6.03. The Morgan fingerprint density at radius 1 is 1.30 bits per heavy atom. The number of hydrogen-bond acceptors (Lipinski definition) is 2. The van der Waals surface area contributed by atoms with Gasteiger partial charge in [0.1, 0.15) is 5.65 Å². The van der Waals surface area contributed by atoms with E-state index >= 15 is 0 Å². The second-order valence-corrected chi connectivity index (χ2v) is 4.98. The number of aryl methyl sites for hydroxylation is 1. The van der Waals surface area contributed by atoms with Crippen molar-refractivity contribution in [1.82, 2.24) is 9.38 Å². The van der Waals surface area contributed by atoms with Crippen LogP contribution in [-0.4, -0.2) is 20.5 Å². The highest BCUT2D eigenvalue weighted by atomic mass is 35.5. The van der Waals surface area contributed by atoms with Gasteiger partial charge in [-0.3, -0.25) is 0 Å². The summed E-state index contributed by atoms with van der Waals surface area (Å²) in [6, 6.07) is 8.79. The number of carboxylic acids is 1. The van der Waals surface area contributed by atoms with Crippen LogP contribution in [0.4, 0.5) is 0 Å². The molecular weight excluding hydrogens is 276 g/mol. The number of aromatic carboxylic acids is 1. The van der Waals surface area contributed by atoms with Gasteiger partial charge >= 0.3 is 5.97 Å². The topological polar surface area (TPSA) is 54.6 Å². The molecule has 0 spiro atoms. The van der Waals surface area contributed by atoms with Crippen LogP contribution < -0.4 is 0 Å². The van der Waals surface area contributed by atoms with Crippen molar-refractivity contribution in [3.8, 4) is 11.3 Å². The first-order valence-corrected chi connectivity index (χ1v) is 6.41. The van der Waals surface area contributed by atoms with Crippen molar-refractivity contribution in [2.24, 2.45) is 0 Å². The van der Waals surface area contributed by atoms with E-state index < -0.39 is 5.97 Å². The lowest BCUT2D eigenvalue weighted by Gasteiger charge is -2.00. The lowest BCUT2D eigenvalue weighted by atomic mass is 10.1. The van der Waals surface area contributed by atoms with Gasteiger partial charge < -0.3 is 9.51 Å². The number of hydrogen-bond donors (Lipinski definition) is 1. The van der Waals surface area contributed by atoms with Gasteiger partial charge in [0.25, 0.3) is 0 Å². The van der Waals surface area contributed by atoms with Crippen molar-refractivity contribution in [1.29, 1.82) is 0 Å². The Hall–Kier alpha value is -2.33. The summed E-state index contributed by atoms with van der Waals surface area (Å²) < 4.78 is 1.80. The largest absolute Gasteiger partial charge is 0.478 e. The van der Waals surface area contributed by atoms with E-state index in [0.29, 0.717) is 10.7 Å². The van der Waals surface area contributed by atoms with Crippen molar-refractivity contribution in [2.75, 3.05) is 0 Å². The fraction of sp³-hybridized carbons (Fsp3) is 0.0667. The summed E-state index contributed by atoms with van der Waals surface area (Å²) in [4.78, 5) is 15.4. The highest BCUT2D eigenvalue weighted by Gasteiger charge is 2.08. The first-order chi connectivity index (χ1) is 9.54. The van der Waals surface area contributed by atoms with Crippen LogP contribution in [0.1, 0.15) is 15.9 Å². The van der Waals surface area contributed by atoms with E-state index in [4.69, 9.17) is 16.7 Å². The molecule has 0 atom stereocenters. The molecule has 0 aliphatic heterocycles. The lowest BCUT2D eigenvalue weighted by molar-refractivity contribution is 0.0697. The smallest absolute Gasteiger partial charge is 0.335 e. The fourth-order valence-electron chi connectivity index (χ4n) is 2.06. The number of pyridine rings is 1. The minimum atomic E-state index is -0.959. The predicted molar refractivity (Wildman–Crippen MR) is 77.3 cm³/mol. The van der Waals surface area contributed by atoms with Gasteiger partial charge in [0.05, 0.1) is 11.3 Å². The standard InChI is InChI=1S/C15H11ClN2O2/c1-9-6-10(2-3-12(9)16)13-8-18-5-4-11(15(19)20)7-14(18)17-13/h2-8H,1H3,(H,19,20). The molecule has 2 aromatic heterocycles. The number of rotatable bonds is 2. The average Bonchev–Trinajstić information content (AvgIpc) is 2.84. The molecule has 2 heterocycles. The molecule has 100 valence electrons. The molecule has 0 fully saturated rings. The van der Waals surface area contributed by atoms with Crippen LogP contribution in [0, 0.1) is 6.92 Å². The Labute approximate surface area is 120 Å². The molecule has 0 aliphatic carbocycles. The second kappa shape index (κ2) is 4.65. The third kappa shape index (κ3) is 2.14. The average molecular weight is 287 g/mol. The van der Waals surface area contributed by atoms with E-state index in [9.17, 15) is 4.79 Å². The summed E-state index contributed by atoms with van der Waals surface area (Å²) in [6.45, 7) is 1.93. The summed E-state index contributed by atoms with van der Waals surface area (Å²) in [7, 11) is 0. The van der Waals surface area contributed by atoms with Crippen LogP contribution in [0.3, 0.4) is 0 Å². The summed E-state index contributed by atoms with van der Waals surface area (Å²) in [6.07, 6.45) is 3.56. The van der Waals surface area contributed by atoms with Crippen molar-refractivity contribution >= 4 is 23.2 Å². The van der Waals surface area contributed by atoms with Gasteiger partial charge in [-0.2, -0.15) is 0 Å². The third-order valence-electron chi connectivity index (χ3n) is 3.16. The van der Waals surface area contributed by atoms with Gasteiger partial charge in [0.15, 0.2) is 0 Å². The Bertz CT molecular complexity index is 824. The fourth-order valence-corrected chi connectivity index (χ4v) is 2.18. The molecule has 5 heteroatoms. The van der Waals surface area contributed by atoms with Crippen molar-refractivity contribution in [3.05, 3.63) is 58.9 Å². The van der Waals surface area contributed by atoms with Crippen molar-refractivity contribution < 1.29 is 9.90 Å². The molecule has 0 saturated heterocycles. The normalized spacial score (nSPS) is 10.9. The van der Waals surface area contributed by atoms with Gasteiger partial charge in [-0.15, -0.1) is 0 Å². The highest BCUT2D eigenvalue weighted by Crippen LogP contribution is 2.24. The zero-order valence-corrected chi connectivity index (χ0v) is 11.4. The van der Waals surface area contributed by atoms with E-state index in [1.54, 1.807) is 22.7 Å². The molecule has 3 aromatic rings. The zero-order chi connectivity index (χ0) is 14.3. The number of benzene rings is 1. The van der Waals surface area contributed by atoms with Crippen LogP contribution in [0.5, 0.6) is 0 Å². The van der Waals surface area contributed by atoms with Gasteiger partial charge in [0, 0.05) is 23.0 Å². The Balaban J connectivity index is 2.12. The van der Waals surface area contributed by atoms with E-state index in [-0.39, 0.29) is 5.56 Å². The van der Waals surface area contributed by atoms with Gasteiger partial charge in [-0.05, 0) is 36.8 Å². The summed E-state index contributed by atoms with van der Waals surface area (Å²) in [5.41, 5.74) is 3.54. The van der Waals surface area contributed by atoms with Gasteiger partial charge in [0.2, 0.25) is 0 Å². The minimum absolute atomic E-state index is 0.224. The van der Waals surface area contributed by atoms with E-state index in [0.717, 1.165) is 16.8 Å². The van der Waals surface area contributed by atoms with Crippen LogP contribution in [0.25, 0.3) is 16.9 Å². The molecule has 20 heavy (non-hydrogen) atoms. The zero-order valence-electron chi connectivity index (χ0n) is 10.7. The number of carboxylic acid groups (broad SMARTS) is 1. The van der Waals surface area contributed by atoms with Crippen LogP contribution in [-0.2, 0) is 0 Å². The van der Waals surface area contributed by atoms with Crippen LogP contribution in [0.15, 0.2) is 42.7 Å². The molecule has 0 radical (unpaired) electrons.